The van der Waals surface area contributed by atoms with Gasteiger partial charge in [0.1, 0.15) is 22.5 Å². The molecule has 4 rings (SSSR count). The molecule has 0 heterocycles. The first kappa shape index (κ1) is 20.5. The summed E-state index contributed by atoms with van der Waals surface area (Å²) in [6.45, 7) is 2.15. The van der Waals surface area contributed by atoms with Gasteiger partial charge in [-0.05, 0) is 52.6 Å². The van der Waals surface area contributed by atoms with E-state index in [4.69, 9.17) is 11.6 Å². The molecule has 30 heavy (non-hydrogen) atoms. The van der Waals surface area contributed by atoms with Gasteiger partial charge in [-0.1, -0.05) is 79.5 Å². The minimum atomic E-state index is -0.811. The monoisotopic (exact) mass is 424 g/mol. The summed E-state index contributed by atoms with van der Waals surface area (Å²) in [6.07, 6.45) is 3.22. The summed E-state index contributed by atoms with van der Waals surface area (Å²) in [5.41, 5.74) is 3.39. The van der Waals surface area contributed by atoms with E-state index in [-0.39, 0.29) is 5.82 Å². The highest BCUT2D eigenvalue weighted by molar-refractivity contribution is 6.31. The van der Waals surface area contributed by atoms with Crippen LogP contribution in [0.2, 0.25) is 5.02 Å². The van der Waals surface area contributed by atoms with Crippen LogP contribution in [0.25, 0.3) is 33.0 Å². The highest BCUT2D eigenvalue weighted by Crippen LogP contribution is 2.32. The minimum absolute atomic E-state index is 0.272. The first-order chi connectivity index (χ1) is 14.5. The van der Waals surface area contributed by atoms with Gasteiger partial charge in [-0.3, -0.25) is 0 Å². The predicted molar refractivity (Wildman–Crippen MR) is 118 cm³/mol. The zero-order chi connectivity index (χ0) is 21.3. The van der Waals surface area contributed by atoms with Crippen LogP contribution in [0.4, 0.5) is 13.2 Å². The normalized spacial score (nSPS) is 11.2. The number of hydrogen-bond acceptors (Lipinski definition) is 0. The maximum atomic E-state index is 15.2. The fourth-order valence-corrected chi connectivity index (χ4v) is 3.77. The van der Waals surface area contributed by atoms with Gasteiger partial charge in [-0.15, -0.1) is 0 Å². The molecule has 0 spiro atoms. The van der Waals surface area contributed by atoms with Crippen molar-refractivity contribution in [3.05, 3.63) is 94.8 Å². The summed E-state index contributed by atoms with van der Waals surface area (Å²) < 4.78 is 42.7. The Kier molecular flexibility index (Phi) is 5.83. The van der Waals surface area contributed by atoms with E-state index in [1.165, 1.54) is 17.7 Å². The molecule has 0 aliphatic rings. The summed E-state index contributed by atoms with van der Waals surface area (Å²) in [6, 6.07) is 18.9. The Hall–Kier alpha value is -2.78. The second-order valence-electron chi connectivity index (χ2n) is 7.42. The van der Waals surface area contributed by atoms with Crippen LogP contribution < -0.4 is 0 Å². The van der Waals surface area contributed by atoms with E-state index >= 15 is 4.39 Å². The van der Waals surface area contributed by atoms with Crippen molar-refractivity contribution in [2.24, 2.45) is 0 Å². The third kappa shape index (κ3) is 3.95. The number of aryl methyl sites for hydroxylation is 1. The lowest BCUT2D eigenvalue weighted by atomic mass is 9.96. The molecule has 0 N–H and O–H groups in total. The first-order valence-electron chi connectivity index (χ1n) is 9.94. The van der Waals surface area contributed by atoms with E-state index in [1.807, 2.05) is 24.3 Å². The molecule has 0 nitrogen and oxygen atoms in total. The van der Waals surface area contributed by atoms with Crippen LogP contribution in [0, 0.1) is 17.5 Å². The molecule has 4 aromatic rings. The van der Waals surface area contributed by atoms with E-state index in [0.29, 0.717) is 27.6 Å². The molecule has 0 aliphatic carbocycles. The number of unbranched alkanes of at least 4 members (excludes halogenated alkanes) is 1. The van der Waals surface area contributed by atoms with Gasteiger partial charge in [-0.25, -0.2) is 13.2 Å². The molecule has 0 aliphatic heterocycles. The predicted octanol–water partition coefficient (Wildman–Crippen LogP) is 8.59. The van der Waals surface area contributed by atoms with Gasteiger partial charge in [0, 0.05) is 10.9 Å². The average molecular weight is 425 g/mol. The molecular formula is C26H20ClF3. The van der Waals surface area contributed by atoms with Crippen molar-refractivity contribution < 1.29 is 13.2 Å². The van der Waals surface area contributed by atoms with Gasteiger partial charge in [-0.2, -0.15) is 0 Å². The molecule has 0 bridgehead atoms. The highest BCUT2D eigenvalue weighted by atomic mass is 35.5. The smallest absolute Gasteiger partial charge is 0.145 e. The quantitative estimate of drug-likeness (QED) is 0.281. The second-order valence-corrected chi connectivity index (χ2v) is 7.80. The summed E-state index contributed by atoms with van der Waals surface area (Å²) >= 11 is 5.55. The molecule has 0 radical (unpaired) electrons. The summed E-state index contributed by atoms with van der Waals surface area (Å²) in [4.78, 5) is 0. The van der Waals surface area contributed by atoms with Crippen molar-refractivity contribution in [2.45, 2.75) is 26.2 Å². The first-order valence-corrected chi connectivity index (χ1v) is 10.3. The van der Waals surface area contributed by atoms with Crippen molar-refractivity contribution in [3.63, 3.8) is 0 Å². The third-order valence-electron chi connectivity index (χ3n) is 5.35. The third-order valence-corrected chi connectivity index (χ3v) is 5.71. The Labute approximate surface area is 178 Å². The van der Waals surface area contributed by atoms with Gasteiger partial charge < -0.3 is 0 Å². The molecular weight excluding hydrogens is 405 g/mol. The number of rotatable bonds is 5. The van der Waals surface area contributed by atoms with Crippen molar-refractivity contribution in [1.82, 2.24) is 0 Å². The standard InChI is InChI=1S/C26H20ClF3/c1-2-3-4-16-5-11-22-19(13-16)10-12-21(26(22)30)18-8-6-17(7-9-18)20-14-23(28)25(27)24(29)15-20/h5-15H,2-4H2,1H3. The lowest BCUT2D eigenvalue weighted by Crippen LogP contribution is -1.90. The van der Waals surface area contributed by atoms with E-state index in [0.717, 1.165) is 24.6 Å². The number of fused-ring (bicyclic) bond motifs is 1. The minimum Gasteiger partial charge on any atom is -0.206 e. The molecule has 0 atom stereocenters. The van der Waals surface area contributed by atoms with Crippen LogP contribution >= 0.6 is 11.6 Å². The van der Waals surface area contributed by atoms with Gasteiger partial charge in [0.05, 0.1) is 0 Å². The van der Waals surface area contributed by atoms with Crippen molar-refractivity contribution >= 4 is 22.4 Å². The van der Waals surface area contributed by atoms with Gasteiger partial charge in [0.2, 0.25) is 0 Å². The summed E-state index contributed by atoms with van der Waals surface area (Å²) in [5, 5.41) is 0.943. The fraction of sp³-hybridized carbons (Fsp3) is 0.154. The fourth-order valence-electron chi connectivity index (χ4n) is 3.67. The van der Waals surface area contributed by atoms with Crippen LogP contribution in [0.3, 0.4) is 0 Å². The largest absolute Gasteiger partial charge is 0.206 e. The Bertz CT molecular complexity index is 1190. The second kappa shape index (κ2) is 8.53. The molecule has 0 unspecified atom stereocenters. The van der Waals surface area contributed by atoms with Crippen LogP contribution in [0.1, 0.15) is 25.3 Å². The molecule has 0 saturated carbocycles. The molecule has 0 aromatic heterocycles. The van der Waals surface area contributed by atoms with Crippen LogP contribution in [0.5, 0.6) is 0 Å². The van der Waals surface area contributed by atoms with Crippen LogP contribution in [-0.2, 0) is 6.42 Å². The van der Waals surface area contributed by atoms with E-state index in [1.54, 1.807) is 30.3 Å². The van der Waals surface area contributed by atoms with Crippen molar-refractivity contribution in [2.75, 3.05) is 0 Å². The van der Waals surface area contributed by atoms with Gasteiger partial charge in [0.15, 0.2) is 0 Å². The Balaban J connectivity index is 1.68. The maximum absolute atomic E-state index is 15.2. The zero-order valence-electron chi connectivity index (χ0n) is 16.5. The SMILES string of the molecule is CCCCc1ccc2c(F)c(-c3ccc(-c4cc(F)c(Cl)c(F)c4)cc3)ccc2c1. The lowest BCUT2D eigenvalue weighted by molar-refractivity contribution is 0.585. The van der Waals surface area contributed by atoms with E-state index in [9.17, 15) is 8.78 Å². The molecule has 4 heteroatoms. The average Bonchev–Trinajstić information content (AvgIpc) is 2.76. The van der Waals surface area contributed by atoms with Crippen molar-refractivity contribution in [1.29, 1.82) is 0 Å². The van der Waals surface area contributed by atoms with Gasteiger partial charge >= 0.3 is 0 Å². The van der Waals surface area contributed by atoms with Crippen LogP contribution in [0.15, 0.2) is 66.7 Å². The maximum Gasteiger partial charge on any atom is 0.145 e. The molecule has 4 aromatic carbocycles. The van der Waals surface area contributed by atoms with E-state index < -0.39 is 16.7 Å². The Morgan fingerprint density at radius 1 is 0.733 bits per heavy atom. The number of benzene rings is 4. The zero-order valence-corrected chi connectivity index (χ0v) is 17.2. The molecule has 0 saturated heterocycles. The topological polar surface area (TPSA) is 0 Å². The molecule has 0 amide bonds. The Morgan fingerprint density at radius 2 is 1.40 bits per heavy atom. The highest BCUT2D eigenvalue weighted by Gasteiger charge is 2.12. The molecule has 152 valence electrons. The lowest BCUT2D eigenvalue weighted by Gasteiger charge is -2.10. The number of halogens is 4. The van der Waals surface area contributed by atoms with Crippen molar-refractivity contribution in [3.8, 4) is 22.3 Å². The van der Waals surface area contributed by atoms with Gasteiger partial charge in [0.25, 0.3) is 0 Å². The summed E-state index contributed by atoms with van der Waals surface area (Å²) in [5.74, 6) is -1.89. The molecule has 0 fully saturated rings. The van der Waals surface area contributed by atoms with Crippen LogP contribution in [-0.4, -0.2) is 0 Å². The Morgan fingerprint density at radius 3 is 2.07 bits per heavy atom. The number of hydrogen-bond donors (Lipinski definition) is 0. The van der Waals surface area contributed by atoms with E-state index in [2.05, 4.69) is 6.92 Å². The summed E-state index contributed by atoms with van der Waals surface area (Å²) in [7, 11) is 0.